The van der Waals surface area contributed by atoms with Gasteiger partial charge in [-0.3, -0.25) is 4.79 Å². The van der Waals surface area contributed by atoms with Crippen molar-refractivity contribution in [3.05, 3.63) is 22.4 Å². The van der Waals surface area contributed by atoms with Gasteiger partial charge in [0.15, 0.2) is 0 Å². The molecule has 1 N–H and O–H groups in total. The van der Waals surface area contributed by atoms with Gasteiger partial charge in [-0.1, -0.05) is 6.07 Å². The molecule has 1 unspecified atom stereocenters. The molecule has 1 heterocycles. The van der Waals surface area contributed by atoms with E-state index in [0.717, 1.165) is 0 Å². The van der Waals surface area contributed by atoms with Crippen LogP contribution in [0.2, 0.25) is 0 Å². The molecule has 0 aliphatic heterocycles. The fourth-order valence-electron chi connectivity index (χ4n) is 1.10. The lowest BCUT2D eigenvalue weighted by Gasteiger charge is -2.14. The Labute approximate surface area is 89.1 Å². The highest BCUT2D eigenvalue weighted by molar-refractivity contribution is 7.12. The van der Waals surface area contributed by atoms with E-state index in [1.54, 1.807) is 17.5 Å². The van der Waals surface area contributed by atoms with Crippen molar-refractivity contribution in [1.29, 1.82) is 0 Å². The normalized spacial score (nSPS) is 13.6. The lowest BCUT2D eigenvalue weighted by atomic mass is 10.2. The van der Waals surface area contributed by atoms with Gasteiger partial charge in [-0.15, -0.1) is 11.3 Å². The number of thiophene rings is 1. The molecule has 6 heteroatoms. The van der Waals surface area contributed by atoms with E-state index < -0.39 is 24.5 Å². The van der Waals surface area contributed by atoms with E-state index in [1.807, 2.05) is 0 Å². The highest BCUT2D eigenvalue weighted by Crippen LogP contribution is 2.21. The van der Waals surface area contributed by atoms with Crippen molar-refractivity contribution in [1.82, 2.24) is 5.32 Å². The lowest BCUT2D eigenvalue weighted by molar-refractivity contribution is -0.138. The maximum atomic E-state index is 12.0. The van der Waals surface area contributed by atoms with Crippen molar-refractivity contribution in [2.75, 3.05) is 0 Å². The number of hydrogen-bond acceptors (Lipinski definition) is 2. The molecule has 1 atom stereocenters. The highest BCUT2D eigenvalue weighted by atomic mass is 32.1. The van der Waals surface area contributed by atoms with Gasteiger partial charge in [-0.2, -0.15) is 13.2 Å². The number of alkyl halides is 3. The molecular formula is C9H10F3NOS. The van der Waals surface area contributed by atoms with Crippen LogP contribution in [-0.4, -0.2) is 18.1 Å². The van der Waals surface area contributed by atoms with Crippen molar-refractivity contribution in [2.45, 2.75) is 25.6 Å². The maximum absolute atomic E-state index is 12.0. The van der Waals surface area contributed by atoms with Crippen LogP contribution in [-0.2, 0) is 0 Å². The summed E-state index contributed by atoms with van der Waals surface area (Å²) in [4.78, 5) is 11.8. The van der Waals surface area contributed by atoms with Crippen molar-refractivity contribution >= 4 is 17.2 Å². The maximum Gasteiger partial charge on any atom is 0.391 e. The molecule has 2 nitrogen and oxygen atoms in total. The summed E-state index contributed by atoms with van der Waals surface area (Å²) in [6.45, 7) is 1.33. The quantitative estimate of drug-likeness (QED) is 0.860. The standard InChI is InChI=1S/C9H10F3NOS/c1-6(5-9(10,11)12)13-8(14)7-3-2-4-15-7/h2-4,6H,5H2,1H3,(H,13,14). The zero-order valence-electron chi connectivity index (χ0n) is 7.97. The molecule has 1 amide bonds. The molecule has 0 radical (unpaired) electrons. The van der Waals surface area contributed by atoms with E-state index >= 15 is 0 Å². The zero-order valence-corrected chi connectivity index (χ0v) is 8.78. The Morgan fingerprint density at radius 3 is 2.73 bits per heavy atom. The fraction of sp³-hybridized carbons (Fsp3) is 0.444. The van der Waals surface area contributed by atoms with Gasteiger partial charge in [0.2, 0.25) is 0 Å². The van der Waals surface area contributed by atoms with Gasteiger partial charge in [0.1, 0.15) is 0 Å². The predicted octanol–water partition coefficient (Wildman–Crippen LogP) is 2.82. The van der Waals surface area contributed by atoms with Gasteiger partial charge in [0.05, 0.1) is 11.3 Å². The average molecular weight is 237 g/mol. The van der Waals surface area contributed by atoms with Gasteiger partial charge in [-0.05, 0) is 18.4 Å². The SMILES string of the molecule is CC(CC(F)(F)F)NC(=O)c1cccs1. The molecule has 0 fully saturated rings. The fourth-order valence-corrected chi connectivity index (χ4v) is 1.73. The third-order valence-electron chi connectivity index (χ3n) is 1.66. The molecule has 0 aromatic carbocycles. The molecule has 0 aliphatic carbocycles. The second kappa shape index (κ2) is 4.65. The summed E-state index contributed by atoms with van der Waals surface area (Å²) in [7, 11) is 0. The molecule has 1 rings (SSSR count). The van der Waals surface area contributed by atoms with Crippen LogP contribution in [0.25, 0.3) is 0 Å². The van der Waals surface area contributed by atoms with Crippen LogP contribution in [0, 0.1) is 0 Å². The van der Waals surface area contributed by atoms with Crippen LogP contribution in [0.4, 0.5) is 13.2 Å². The molecule has 0 aliphatic rings. The summed E-state index contributed by atoms with van der Waals surface area (Å²) in [5.74, 6) is -0.457. The number of nitrogens with one attached hydrogen (secondary N) is 1. The predicted molar refractivity (Wildman–Crippen MR) is 51.9 cm³/mol. The van der Waals surface area contributed by atoms with E-state index in [2.05, 4.69) is 5.32 Å². The van der Waals surface area contributed by atoms with Gasteiger partial charge in [-0.25, -0.2) is 0 Å². The Morgan fingerprint density at radius 1 is 1.60 bits per heavy atom. The van der Waals surface area contributed by atoms with Crippen LogP contribution in [0.15, 0.2) is 17.5 Å². The Balaban J connectivity index is 2.45. The molecule has 0 bridgehead atoms. The minimum Gasteiger partial charge on any atom is -0.349 e. The summed E-state index contributed by atoms with van der Waals surface area (Å²) in [6, 6.07) is 2.34. The third kappa shape index (κ3) is 4.33. The molecule has 84 valence electrons. The minimum absolute atomic E-state index is 0.420. The molecule has 1 aromatic rings. The minimum atomic E-state index is -4.25. The van der Waals surface area contributed by atoms with Gasteiger partial charge in [0.25, 0.3) is 5.91 Å². The molecule has 1 aromatic heterocycles. The summed E-state index contributed by atoms with van der Waals surface area (Å²) in [5.41, 5.74) is 0. The summed E-state index contributed by atoms with van der Waals surface area (Å²) < 4.78 is 35.9. The topological polar surface area (TPSA) is 29.1 Å². The summed E-state index contributed by atoms with van der Waals surface area (Å²) >= 11 is 1.20. The molecule has 15 heavy (non-hydrogen) atoms. The van der Waals surface area contributed by atoms with Crippen molar-refractivity contribution in [3.8, 4) is 0 Å². The number of carbonyl (C=O) groups is 1. The van der Waals surface area contributed by atoms with Gasteiger partial charge < -0.3 is 5.32 Å². The lowest BCUT2D eigenvalue weighted by Crippen LogP contribution is -2.35. The molecule has 0 spiro atoms. The second-order valence-corrected chi connectivity index (χ2v) is 4.12. The Bertz CT molecular complexity index is 321. The number of halogens is 3. The number of carbonyl (C=O) groups excluding carboxylic acids is 1. The third-order valence-corrected chi connectivity index (χ3v) is 2.53. The van der Waals surface area contributed by atoms with Crippen molar-refractivity contribution in [2.24, 2.45) is 0 Å². The second-order valence-electron chi connectivity index (χ2n) is 3.17. The molecule has 0 saturated carbocycles. The van der Waals surface area contributed by atoms with Crippen LogP contribution < -0.4 is 5.32 Å². The molecule has 0 saturated heterocycles. The Morgan fingerprint density at radius 2 is 2.27 bits per heavy atom. The average Bonchev–Trinajstić information content (AvgIpc) is 2.50. The first kappa shape index (κ1) is 12.0. The first-order valence-electron chi connectivity index (χ1n) is 4.29. The van der Waals surface area contributed by atoms with Crippen LogP contribution >= 0.6 is 11.3 Å². The molecular weight excluding hydrogens is 227 g/mol. The number of hydrogen-bond donors (Lipinski definition) is 1. The Hall–Kier alpha value is -1.04. The van der Waals surface area contributed by atoms with Crippen molar-refractivity contribution in [3.63, 3.8) is 0 Å². The van der Waals surface area contributed by atoms with Crippen LogP contribution in [0.3, 0.4) is 0 Å². The van der Waals surface area contributed by atoms with E-state index in [0.29, 0.717) is 4.88 Å². The monoisotopic (exact) mass is 237 g/mol. The van der Waals surface area contributed by atoms with E-state index in [1.165, 1.54) is 18.3 Å². The number of rotatable bonds is 3. The van der Waals surface area contributed by atoms with E-state index in [-0.39, 0.29) is 0 Å². The van der Waals surface area contributed by atoms with Gasteiger partial charge >= 0.3 is 6.18 Å². The van der Waals surface area contributed by atoms with Crippen molar-refractivity contribution < 1.29 is 18.0 Å². The summed E-state index contributed by atoms with van der Waals surface area (Å²) in [6.07, 6.45) is -5.26. The number of amides is 1. The smallest absolute Gasteiger partial charge is 0.349 e. The highest BCUT2D eigenvalue weighted by Gasteiger charge is 2.30. The first-order valence-corrected chi connectivity index (χ1v) is 5.17. The van der Waals surface area contributed by atoms with Crippen LogP contribution in [0.1, 0.15) is 23.0 Å². The van der Waals surface area contributed by atoms with Gasteiger partial charge in [0, 0.05) is 6.04 Å². The van der Waals surface area contributed by atoms with E-state index in [9.17, 15) is 18.0 Å². The zero-order chi connectivity index (χ0) is 11.5. The van der Waals surface area contributed by atoms with E-state index in [4.69, 9.17) is 0 Å². The largest absolute Gasteiger partial charge is 0.391 e. The van der Waals surface area contributed by atoms with Crippen LogP contribution in [0.5, 0.6) is 0 Å². The summed E-state index contributed by atoms with van der Waals surface area (Å²) in [5, 5.41) is 3.99. The Kier molecular flexibility index (Phi) is 3.73. The first-order chi connectivity index (χ1) is 6.88.